The minimum absolute atomic E-state index is 0.400. The monoisotopic (exact) mass is 129 g/mol. The Hall–Kier alpha value is -0.400. The first-order chi connectivity index (χ1) is 4.33. The van der Waals surface area contributed by atoms with E-state index in [-0.39, 0.29) is 0 Å². The lowest BCUT2D eigenvalue weighted by Crippen LogP contribution is -2.16. The summed E-state index contributed by atoms with van der Waals surface area (Å²) in [5, 5.41) is 0. The van der Waals surface area contributed by atoms with Crippen molar-refractivity contribution in [2.75, 3.05) is 0 Å². The summed E-state index contributed by atoms with van der Waals surface area (Å²) >= 11 is 0. The average Bonchev–Trinajstić information content (AvgIpc) is 1.90. The van der Waals surface area contributed by atoms with Gasteiger partial charge in [-0.05, 0) is 19.3 Å². The predicted molar refractivity (Wildman–Crippen MR) is 36.7 cm³/mol. The summed E-state index contributed by atoms with van der Waals surface area (Å²) < 4.78 is 12.3. The second kappa shape index (κ2) is 2.95. The number of aliphatic imine (C=N–C) groups is 1. The lowest BCUT2D eigenvalue weighted by atomic mass is 10.0. The first-order valence-corrected chi connectivity index (χ1v) is 3.50. The average molecular weight is 129 g/mol. The maximum Gasteiger partial charge on any atom is 0.135 e. The molecular weight excluding hydrogens is 117 g/mol. The molecule has 0 aromatic rings. The van der Waals surface area contributed by atoms with E-state index >= 15 is 0 Å². The van der Waals surface area contributed by atoms with Crippen LogP contribution in [-0.4, -0.2) is 18.4 Å². The number of rotatable bonds is 1. The molecular formula is C7H12FN. The van der Waals surface area contributed by atoms with Crippen LogP contribution in [0.4, 0.5) is 4.39 Å². The van der Waals surface area contributed by atoms with Crippen LogP contribution in [0.2, 0.25) is 0 Å². The molecule has 2 heteroatoms. The van der Waals surface area contributed by atoms with Crippen LogP contribution >= 0.6 is 0 Å². The second-order valence-electron chi connectivity index (χ2n) is 2.45. The van der Waals surface area contributed by atoms with Gasteiger partial charge in [-0.3, -0.25) is 4.99 Å². The van der Waals surface area contributed by atoms with Gasteiger partial charge in [0.25, 0.3) is 0 Å². The van der Waals surface area contributed by atoms with Crippen LogP contribution in [0.25, 0.3) is 0 Å². The molecule has 52 valence electrons. The van der Waals surface area contributed by atoms with E-state index in [1.807, 2.05) is 0 Å². The molecule has 1 nitrogen and oxygen atoms in total. The summed E-state index contributed by atoms with van der Waals surface area (Å²) in [5.41, 5.74) is 0. The fourth-order valence-electron chi connectivity index (χ4n) is 1.03. The summed E-state index contributed by atoms with van der Waals surface area (Å²) in [5.74, 6) is 0. The third kappa shape index (κ3) is 1.77. The van der Waals surface area contributed by atoms with Crippen molar-refractivity contribution in [1.29, 1.82) is 0 Å². The van der Waals surface area contributed by atoms with Crippen molar-refractivity contribution in [2.45, 2.75) is 38.4 Å². The van der Waals surface area contributed by atoms with E-state index in [1.54, 1.807) is 0 Å². The number of hydrogen-bond acceptors (Lipinski definition) is 1. The van der Waals surface area contributed by atoms with E-state index in [0.717, 1.165) is 12.8 Å². The van der Waals surface area contributed by atoms with E-state index in [2.05, 4.69) is 11.9 Å². The molecule has 0 spiro atoms. The Morgan fingerprint density at radius 3 is 2.89 bits per heavy atom. The van der Waals surface area contributed by atoms with E-state index in [4.69, 9.17) is 0 Å². The number of alkyl halides is 1. The maximum absolute atomic E-state index is 12.3. The molecule has 0 aromatic carbocycles. The molecule has 2 unspecified atom stereocenters. The van der Waals surface area contributed by atoms with Crippen LogP contribution < -0.4 is 0 Å². The van der Waals surface area contributed by atoms with Gasteiger partial charge in [-0.1, -0.05) is 6.92 Å². The minimum atomic E-state index is -0.771. The van der Waals surface area contributed by atoms with Crippen molar-refractivity contribution in [3.8, 4) is 0 Å². The van der Waals surface area contributed by atoms with Gasteiger partial charge in [-0.2, -0.15) is 0 Å². The van der Waals surface area contributed by atoms with Crippen LogP contribution in [0.1, 0.15) is 26.2 Å². The van der Waals surface area contributed by atoms with Crippen molar-refractivity contribution in [2.24, 2.45) is 4.99 Å². The van der Waals surface area contributed by atoms with Crippen molar-refractivity contribution in [1.82, 2.24) is 0 Å². The minimum Gasteiger partial charge on any atom is -0.291 e. The van der Waals surface area contributed by atoms with Gasteiger partial charge in [-0.25, -0.2) is 4.39 Å². The molecule has 0 saturated heterocycles. The molecule has 1 heterocycles. The zero-order valence-electron chi connectivity index (χ0n) is 5.68. The van der Waals surface area contributed by atoms with Crippen LogP contribution in [0.3, 0.4) is 0 Å². The van der Waals surface area contributed by atoms with E-state index < -0.39 is 6.17 Å². The van der Waals surface area contributed by atoms with Crippen molar-refractivity contribution >= 4 is 6.21 Å². The fraction of sp³-hybridized carbons (Fsp3) is 0.857. The topological polar surface area (TPSA) is 12.4 Å². The molecule has 0 saturated carbocycles. The third-order valence-corrected chi connectivity index (χ3v) is 1.71. The zero-order valence-corrected chi connectivity index (χ0v) is 5.68. The first-order valence-electron chi connectivity index (χ1n) is 3.50. The van der Waals surface area contributed by atoms with Crippen molar-refractivity contribution in [3.05, 3.63) is 0 Å². The lowest BCUT2D eigenvalue weighted by Gasteiger charge is -2.15. The fourth-order valence-corrected chi connectivity index (χ4v) is 1.03. The summed E-state index contributed by atoms with van der Waals surface area (Å²) in [6.07, 6.45) is 3.31. The molecule has 0 radical (unpaired) electrons. The van der Waals surface area contributed by atoms with Gasteiger partial charge in [0, 0.05) is 12.3 Å². The van der Waals surface area contributed by atoms with E-state index in [0.29, 0.717) is 12.5 Å². The quantitative estimate of drug-likeness (QED) is 0.513. The highest BCUT2D eigenvalue weighted by Crippen LogP contribution is 2.14. The molecule has 1 rings (SSSR count). The highest BCUT2D eigenvalue weighted by Gasteiger charge is 2.13. The van der Waals surface area contributed by atoms with Crippen LogP contribution in [0.15, 0.2) is 4.99 Å². The Labute approximate surface area is 55.0 Å². The maximum atomic E-state index is 12.3. The van der Waals surface area contributed by atoms with Gasteiger partial charge < -0.3 is 0 Å². The Morgan fingerprint density at radius 2 is 2.44 bits per heavy atom. The normalized spacial score (nSPS) is 34.9. The van der Waals surface area contributed by atoms with Crippen LogP contribution in [0, 0.1) is 0 Å². The summed E-state index contributed by atoms with van der Waals surface area (Å²) in [6, 6.07) is 0.400. The molecule has 0 bridgehead atoms. The molecule has 0 aliphatic carbocycles. The molecule has 0 amide bonds. The highest BCUT2D eigenvalue weighted by molar-refractivity contribution is 5.63. The van der Waals surface area contributed by atoms with E-state index in [1.165, 1.54) is 6.21 Å². The number of halogens is 1. The highest BCUT2D eigenvalue weighted by atomic mass is 19.1. The summed E-state index contributed by atoms with van der Waals surface area (Å²) in [6.45, 7) is 2.08. The predicted octanol–water partition coefficient (Wildman–Crippen LogP) is 1.97. The Bertz CT molecular complexity index is 111. The van der Waals surface area contributed by atoms with Crippen molar-refractivity contribution in [3.63, 3.8) is 0 Å². The molecule has 9 heavy (non-hydrogen) atoms. The largest absolute Gasteiger partial charge is 0.291 e. The van der Waals surface area contributed by atoms with Gasteiger partial charge in [-0.15, -0.1) is 0 Å². The van der Waals surface area contributed by atoms with E-state index in [9.17, 15) is 4.39 Å². The molecule has 0 fully saturated rings. The Kier molecular flexibility index (Phi) is 2.20. The molecule has 0 N–H and O–H groups in total. The van der Waals surface area contributed by atoms with Crippen molar-refractivity contribution < 1.29 is 4.39 Å². The van der Waals surface area contributed by atoms with Gasteiger partial charge in [0.2, 0.25) is 0 Å². The van der Waals surface area contributed by atoms with Gasteiger partial charge >= 0.3 is 0 Å². The smallest absolute Gasteiger partial charge is 0.135 e. The number of nitrogens with zero attached hydrogens (tertiary/aromatic N) is 1. The van der Waals surface area contributed by atoms with Gasteiger partial charge in [0.05, 0.1) is 0 Å². The molecule has 0 aromatic heterocycles. The lowest BCUT2D eigenvalue weighted by molar-refractivity contribution is 0.366. The summed E-state index contributed by atoms with van der Waals surface area (Å²) in [4.78, 5) is 4.03. The second-order valence-corrected chi connectivity index (χ2v) is 2.45. The Morgan fingerprint density at radius 1 is 1.67 bits per heavy atom. The zero-order chi connectivity index (χ0) is 6.69. The van der Waals surface area contributed by atoms with Crippen LogP contribution in [-0.2, 0) is 0 Å². The Balaban J connectivity index is 2.38. The summed E-state index contributed by atoms with van der Waals surface area (Å²) in [7, 11) is 0. The SMILES string of the molecule is CCC1CCC(F)C=N1. The third-order valence-electron chi connectivity index (χ3n) is 1.71. The van der Waals surface area contributed by atoms with Gasteiger partial charge in [0.1, 0.15) is 6.17 Å². The first kappa shape index (κ1) is 6.72. The van der Waals surface area contributed by atoms with Crippen LogP contribution in [0.5, 0.6) is 0 Å². The molecule has 1 aliphatic heterocycles. The number of hydrogen-bond donors (Lipinski definition) is 0. The van der Waals surface area contributed by atoms with Gasteiger partial charge in [0.15, 0.2) is 0 Å². The molecule has 2 atom stereocenters. The standard InChI is InChI=1S/C7H12FN/c1-2-7-4-3-6(8)5-9-7/h5-7H,2-4H2,1H3. The molecule has 1 aliphatic rings.